The average Bonchev–Trinajstić information content (AvgIpc) is 3.12. The molecular formula is C20H19FN2O2S2. The van der Waals surface area contributed by atoms with Gasteiger partial charge < -0.3 is 5.32 Å². The lowest BCUT2D eigenvalue weighted by Gasteiger charge is -2.06. The van der Waals surface area contributed by atoms with Crippen molar-refractivity contribution in [2.45, 2.75) is 24.7 Å². The van der Waals surface area contributed by atoms with E-state index in [1.165, 1.54) is 35.3 Å². The average molecular weight is 403 g/mol. The zero-order valence-electron chi connectivity index (χ0n) is 15.2. The maximum Gasteiger partial charge on any atom is 0.275 e. The molecule has 1 N–H and O–H groups in total. The van der Waals surface area contributed by atoms with Crippen molar-refractivity contribution in [1.29, 1.82) is 0 Å². The fraction of sp³-hybridized carbons (Fsp3) is 0.200. The third kappa shape index (κ3) is 4.48. The molecule has 0 aliphatic heterocycles. The third-order valence-corrected chi connectivity index (χ3v) is 5.90. The topological polar surface area (TPSA) is 59.1 Å². The van der Waals surface area contributed by atoms with Crippen molar-refractivity contribution in [3.63, 3.8) is 0 Å². The highest BCUT2D eigenvalue weighted by Crippen LogP contribution is 2.26. The van der Waals surface area contributed by atoms with E-state index in [9.17, 15) is 13.4 Å². The molecule has 0 fully saturated rings. The summed E-state index contributed by atoms with van der Waals surface area (Å²) in [6.45, 7) is 4.27. The summed E-state index contributed by atoms with van der Waals surface area (Å²) in [6, 6.07) is 12.2. The Bertz CT molecular complexity index is 997. The van der Waals surface area contributed by atoms with Crippen LogP contribution in [0.1, 0.15) is 35.8 Å². The Kier molecular flexibility index (Phi) is 5.82. The molecule has 7 heteroatoms. The summed E-state index contributed by atoms with van der Waals surface area (Å²) >= 11 is 1.38. The summed E-state index contributed by atoms with van der Waals surface area (Å²) in [5, 5.41) is 5.04. The van der Waals surface area contributed by atoms with E-state index in [-0.39, 0.29) is 10.6 Å². The smallest absolute Gasteiger partial charge is 0.275 e. The standard InChI is InChI=1S/C20H19FN2O2S2/c1-12(2)13-4-6-14(7-5-13)20-23-17(11-26-20)19(24)22-15-8-9-18(27(3)25)16(21)10-15/h4-12H,1-3H3,(H,22,24). The molecule has 2 aromatic carbocycles. The second-order valence-electron chi connectivity index (χ2n) is 6.37. The fourth-order valence-electron chi connectivity index (χ4n) is 2.53. The summed E-state index contributed by atoms with van der Waals surface area (Å²) in [4.78, 5) is 16.9. The lowest BCUT2D eigenvalue weighted by atomic mass is 10.0. The number of carbonyl (C=O) groups is 1. The van der Waals surface area contributed by atoms with Gasteiger partial charge in [0.1, 0.15) is 16.5 Å². The number of rotatable bonds is 5. The van der Waals surface area contributed by atoms with Crippen LogP contribution in [0.25, 0.3) is 10.6 Å². The summed E-state index contributed by atoms with van der Waals surface area (Å²) in [5.74, 6) is -0.576. The molecule has 1 unspecified atom stereocenters. The first kappa shape index (κ1) is 19.4. The third-order valence-electron chi connectivity index (χ3n) is 4.06. The van der Waals surface area contributed by atoms with Crippen LogP contribution in [0.3, 0.4) is 0 Å². The second-order valence-corrected chi connectivity index (χ2v) is 8.57. The zero-order valence-corrected chi connectivity index (χ0v) is 16.8. The number of thiazole rings is 1. The minimum Gasteiger partial charge on any atom is -0.321 e. The largest absolute Gasteiger partial charge is 0.321 e. The molecule has 0 aliphatic rings. The van der Waals surface area contributed by atoms with E-state index in [0.29, 0.717) is 11.6 Å². The number of nitrogens with zero attached hydrogens (tertiary/aromatic N) is 1. The highest BCUT2D eigenvalue weighted by atomic mass is 32.2. The van der Waals surface area contributed by atoms with Crippen LogP contribution < -0.4 is 5.32 Å². The molecule has 27 heavy (non-hydrogen) atoms. The van der Waals surface area contributed by atoms with Gasteiger partial charge in [-0.05, 0) is 29.7 Å². The Morgan fingerprint density at radius 2 is 1.89 bits per heavy atom. The van der Waals surface area contributed by atoms with Crippen molar-refractivity contribution in [1.82, 2.24) is 4.98 Å². The van der Waals surface area contributed by atoms with E-state index >= 15 is 0 Å². The molecule has 3 aromatic rings. The van der Waals surface area contributed by atoms with E-state index in [1.54, 1.807) is 5.38 Å². The Morgan fingerprint density at radius 1 is 1.19 bits per heavy atom. The lowest BCUT2D eigenvalue weighted by Crippen LogP contribution is -2.12. The SMILES string of the molecule is CC(C)c1ccc(-c2nc(C(=O)Nc3ccc(S(C)=O)c(F)c3)cs2)cc1. The monoisotopic (exact) mass is 402 g/mol. The van der Waals surface area contributed by atoms with Gasteiger partial charge >= 0.3 is 0 Å². The molecule has 0 radical (unpaired) electrons. The predicted molar refractivity (Wildman–Crippen MR) is 108 cm³/mol. The molecule has 1 aromatic heterocycles. The van der Waals surface area contributed by atoms with Crippen molar-refractivity contribution in [2.75, 3.05) is 11.6 Å². The Hall–Kier alpha value is -2.38. The van der Waals surface area contributed by atoms with Gasteiger partial charge in [0.2, 0.25) is 0 Å². The number of hydrogen-bond donors (Lipinski definition) is 1. The van der Waals surface area contributed by atoms with Gasteiger partial charge in [-0.3, -0.25) is 9.00 Å². The van der Waals surface area contributed by atoms with Crippen LogP contribution in [0.4, 0.5) is 10.1 Å². The van der Waals surface area contributed by atoms with Crippen molar-refractivity contribution < 1.29 is 13.4 Å². The first-order chi connectivity index (χ1) is 12.8. The Morgan fingerprint density at radius 3 is 2.48 bits per heavy atom. The van der Waals surface area contributed by atoms with Crippen LogP contribution in [0, 0.1) is 5.82 Å². The number of aromatic nitrogens is 1. The van der Waals surface area contributed by atoms with Crippen LogP contribution in [-0.4, -0.2) is 21.4 Å². The molecule has 4 nitrogen and oxygen atoms in total. The molecular weight excluding hydrogens is 383 g/mol. The number of hydrogen-bond acceptors (Lipinski definition) is 4. The molecule has 3 rings (SSSR count). The molecule has 0 bridgehead atoms. The van der Waals surface area contributed by atoms with Crippen LogP contribution in [-0.2, 0) is 10.8 Å². The maximum atomic E-state index is 13.9. The molecule has 1 heterocycles. The normalized spacial score (nSPS) is 12.2. The van der Waals surface area contributed by atoms with Crippen molar-refractivity contribution in [2.24, 2.45) is 0 Å². The number of carbonyl (C=O) groups excluding carboxylic acids is 1. The molecule has 0 spiro atoms. The van der Waals surface area contributed by atoms with Gasteiger partial charge in [0.05, 0.1) is 15.7 Å². The van der Waals surface area contributed by atoms with Crippen LogP contribution >= 0.6 is 11.3 Å². The molecule has 0 aliphatic carbocycles. The van der Waals surface area contributed by atoms with Gasteiger partial charge in [0.25, 0.3) is 5.91 Å². The van der Waals surface area contributed by atoms with Gasteiger partial charge in [0.15, 0.2) is 0 Å². The fourth-order valence-corrected chi connectivity index (χ4v) is 3.93. The number of nitrogens with one attached hydrogen (secondary N) is 1. The minimum absolute atomic E-state index is 0.105. The maximum absolute atomic E-state index is 13.9. The second kappa shape index (κ2) is 8.10. The van der Waals surface area contributed by atoms with Gasteiger partial charge in [-0.15, -0.1) is 11.3 Å². The van der Waals surface area contributed by atoms with E-state index in [4.69, 9.17) is 0 Å². The first-order valence-corrected chi connectivity index (χ1v) is 10.8. The molecule has 0 saturated carbocycles. The predicted octanol–water partition coefficient (Wildman–Crippen LogP) is 5.06. The minimum atomic E-state index is -1.42. The van der Waals surface area contributed by atoms with Crippen molar-refractivity contribution in [3.8, 4) is 10.6 Å². The number of anilines is 1. The van der Waals surface area contributed by atoms with Gasteiger partial charge in [-0.1, -0.05) is 38.1 Å². The summed E-state index contributed by atoms with van der Waals surface area (Å²) in [7, 11) is -1.42. The first-order valence-electron chi connectivity index (χ1n) is 8.35. The summed E-state index contributed by atoms with van der Waals surface area (Å²) in [6.07, 6.45) is 1.40. The summed E-state index contributed by atoms with van der Waals surface area (Å²) < 4.78 is 25.3. The lowest BCUT2D eigenvalue weighted by molar-refractivity contribution is 0.102. The van der Waals surface area contributed by atoms with E-state index in [2.05, 4.69) is 36.3 Å². The van der Waals surface area contributed by atoms with Crippen molar-refractivity contribution in [3.05, 3.63) is 64.9 Å². The quantitative estimate of drug-likeness (QED) is 0.649. The number of halogens is 1. The highest BCUT2D eigenvalue weighted by molar-refractivity contribution is 7.84. The Balaban J connectivity index is 1.75. The number of amides is 1. The molecule has 1 amide bonds. The zero-order chi connectivity index (χ0) is 19.6. The summed E-state index contributed by atoms with van der Waals surface area (Å²) in [5.41, 5.74) is 2.75. The van der Waals surface area contributed by atoms with Crippen molar-refractivity contribution >= 4 is 33.7 Å². The van der Waals surface area contributed by atoms with Crippen LogP contribution in [0.15, 0.2) is 52.7 Å². The van der Waals surface area contributed by atoms with Crippen LogP contribution in [0.5, 0.6) is 0 Å². The van der Waals surface area contributed by atoms with E-state index < -0.39 is 22.5 Å². The van der Waals surface area contributed by atoms with E-state index in [1.807, 2.05) is 12.1 Å². The van der Waals surface area contributed by atoms with E-state index in [0.717, 1.165) is 16.6 Å². The number of benzene rings is 2. The highest BCUT2D eigenvalue weighted by Gasteiger charge is 2.14. The van der Waals surface area contributed by atoms with Gasteiger partial charge in [-0.25, -0.2) is 9.37 Å². The van der Waals surface area contributed by atoms with Gasteiger partial charge in [0, 0.05) is 22.9 Å². The van der Waals surface area contributed by atoms with Crippen LogP contribution in [0.2, 0.25) is 0 Å². The molecule has 0 saturated heterocycles. The Labute approximate surface area is 163 Å². The molecule has 1 atom stereocenters. The van der Waals surface area contributed by atoms with Gasteiger partial charge in [-0.2, -0.15) is 0 Å². The molecule has 140 valence electrons.